The Morgan fingerprint density at radius 3 is 2.68 bits per heavy atom. The fraction of sp³-hybridized carbons (Fsp3) is 0.929. The number of nitrogens with one attached hydrogen (secondary N) is 2. The van der Waals surface area contributed by atoms with E-state index in [1.165, 1.54) is 38.9 Å². The third-order valence-electron chi connectivity index (χ3n) is 3.26. The Morgan fingerprint density at radius 1 is 1.21 bits per heavy atom. The quantitative estimate of drug-likeness (QED) is 0.374. The summed E-state index contributed by atoms with van der Waals surface area (Å²) in [5.74, 6) is 0.931. The van der Waals surface area contributed by atoms with Gasteiger partial charge in [0.2, 0.25) is 0 Å². The van der Waals surface area contributed by atoms with Crippen LogP contribution in [0.2, 0.25) is 0 Å². The molecule has 0 unspecified atom stereocenters. The number of hydrogen-bond acceptors (Lipinski definition) is 3. The molecule has 2 N–H and O–H groups in total. The number of guanidine groups is 1. The molecular weight excluding hydrogens is 240 g/mol. The van der Waals surface area contributed by atoms with Gasteiger partial charge in [-0.1, -0.05) is 0 Å². The summed E-state index contributed by atoms with van der Waals surface area (Å²) < 4.78 is 5.02. The van der Waals surface area contributed by atoms with E-state index in [0.29, 0.717) is 0 Å². The first-order chi connectivity index (χ1) is 9.36. The van der Waals surface area contributed by atoms with Crippen LogP contribution in [0.1, 0.15) is 32.6 Å². The van der Waals surface area contributed by atoms with Crippen LogP contribution in [-0.4, -0.2) is 63.8 Å². The van der Waals surface area contributed by atoms with E-state index in [1.807, 2.05) is 0 Å². The van der Waals surface area contributed by atoms with Crippen molar-refractivity contribution in [3.63, 3.8) is 0 Å². The second-order valence-corrected chi connectivity index (χ2v) is 4.94. The van der Waals surface area contributed by atoms with Crippen molar-refractivity contribution in [1.82, 2.24) is 15.5 Å². The SMILES string of the molecule is CCNC(=NCCCOC)NCCCN1CCCC1. The van der Waals surface area contributed by atoms with Crippen LogP contribution in [0.3, 0.4) is 0 Å². The summed E-state index contributed by atoms with van der Waals surface area (Å²) in [5, 5.41) is 6.67. The van der Waals surface area contributed by atoms with Gasteiger partial charge in [0.25, 0.3) is 0 Å². The Labute approximate surface area is 117 Å². The summed E-state index contributed by atoms with van der Waals surface area (Å²) in [5.41, 5.74) is 0. The van der Waals surface area contributed by atoms with Crippen molar-refractivity contribution >= 4 is 5.96 Å². The summed E-state index contributed by atoms with van der Waals surface area (Å²) in [6.45, 7) is 9.35. The lowest BCUT2D eigenvalue weighted by atomic mass is 10.4. The van der Waals surface area contributed by atoms with E-state index in [9.17, 15) is 0 Å². The minimum atomic E-state index is 0.776. The van der Waals surface area contributed by atoms with Gasteiger partial charge in [-0.2, -0.15) is 0 Å². The first-order valence-corrected chi connectivity index (χ1v) is 7.60. The molecule has 1 heterocycles. The monoisotopic (exact) mass is 270 g/mol. The van der Waals surface area contributed by atoms with E-state index in [-0.39, 0.29) is 0 Å². The average Bonchev–Trinajstić information content (AvgIpc) is 2.92. The molecule has 5 nitrogen and oxygen atoms in total. The number of hydrogen-bond donors (Lipinski definition) is 2. The smallest absolute Gasteiger partial charge is 0.191 e. The molecule has 0 atom stereocenters. The summed E-state index contributed by atoms with van der Waals surface area (Å²) in [6.07, 6.45) is 4.90. The lowest BCUT2D eigenvalue weighted by molar-refractivity contribution is 0.197. The minimum Gasteiger partial charge on any atom is -0.385 e. The topological polar surface area (TPSA) is 48.9 Å². The zero-order chi connectivity index (χ0) is 13.8. The molecule has 1 rings (SSSR count). The van der Waals surface area contributed by atoms with Crippen molar-refractivity contribution in [2.24, 2.45) is 4.99 Å². The molecule has 19 heavy (non-hydrogen) atoms. The first-order valence-electron chi connectivity index (χ1n) is 7.60. The summed E-state index contributed by atoms with van der Waals surface area (Å²) in [7, 11) is 1.73. The van der Waals surface area contributed by atoms with E-state index in [4.69, 9.17) is 4.74 Å². The van der Waals surface area contributed by atoms with Gasteiger partial charge in [0.15, 0.2) is 5.96 Å². The maximum absolute atomic E-state index is 5.02. The summed E-state index contributed by atoms with van der Waals surface area (Å²) in [4.78, 5) is 7.07. The van der Waals surface area contributed by atoms with E-state index in [0.717, 1.165) is 38.6 Å². The highest BCUT2D eigenvalue weighted by molar-refractivity contribution is 5.79. The van der Waals surface area contributed by atoms with Gasteiger partial charge in [0.05, 0.1) is 0 Å². The van der Waals surface area contributed by atoms with Crippen LogP contribution < -0.4 is 10.6 Å². The van der Waals surface area contributed by atoms with Gasteiger partial charge in [-0.15, -0.1) is 0 Å². The van der Waals surface area contributed by atoms with E-state index < -0.39 is 0 Å². The van der Waals surface area contributed by atoms with Crippen LogP contribution in [0, 0.1) is 0 Å². The average molecular weight is 270 g/mol. The van der Waals surface area contributed by atoms with Crippen molar-refractivity contribution < 1.29 is 4.74 Å². The van der Waals surface area contributed by atoms with Gasteiger partial charge in [-0.05, 0) is 52.2 Å². The number of likely N-dealkylation sites (tertiary alicyclic amines) is 1. The fourth-order valence-electron chi connectivity index (χ4n) is 2.26. The number of nitrogens with zero attached hydrogens (tertiary/aromatic N) is 2. The maximum atomic E-state index is 5.02. The van der Waals surface area contributed by atoms with E-state index >= 15 is 0 Å². The van der Waals surface area contributed by atoms with Crippen molar-refractivity contribution in [3.8, 4) is 0 Å². The minimum absolute atomic E-state index is 0.776. The number of rotatable bonds is 9. The third kappa shape index (κ3) is 8.06. The third-order valence-corrected chi connectivity index (χ3v) is 3.26. The van der Waals surface area contributed by atoms with Crippen LogP contribution in [0.4, 0.5) is 0 Å². The van der Waals surface area contributed by atoms with Gasteiger partial charge in [-0.25, -0.2) is 0 Å². The summed E-state index contributed by atoms with van der Waals surface area (Å²) in [6, 6.07) is 0. The molecule has 1 saturated heterocycles. The van der Waals surface area contributed by atoms with Crippen LogP contribution in [0.5, 0.6) is 0 Å². The molecule has 0 aliphatic carbocycles. The van der Waals surface area contributed by atoms with E-state index in [2.05, 4.69) is 27.4 Å². The molecule has 0 aromatic carbocycles. The zero-order valence-corrected chi connectivity index (χ0v) is 12.6. The summed E-state index contributed by atoms with van der Waals surface area (Å²) >= 11 is 0. The predicted molar refractivity (Wildman–Crippen MR) is 80.8 cm³/mol. The highest BCUT2D eigenvalue weighted by atomic mass is 16.5. The van der Waals surface area contributed by atoms with Crippen molar-refractivity contribution in [3.05, 3.63) is 0 Å². The lowest BCUT2D eigenvalue weighted by Crippen LogP contribution is -2.38. The molecule has 0 amide bonds. The standard InChI is InChI=1S/C14H30N4O/c1-3-15-14(17-9-7-13-19-2)16-8-6-12-18-10-4-5-11-18/h3-13H2,1-2H3,(H2,15,16,17). The molecule has 0 saturated carbocycles. The van der Waals surface area contributed by atoms with Crippen LogP contribution in [0.25, 0.3) is 0 Å². The van der Waals surface area contributed by atoms with Gasteiger partial charge >= 0.3 is 0 Å². The maximum Gasteiger partial charge on any atom is 0.191 e. The Balaban J connectivity index is 2.09. The molecule has 1 aliphatic heterocycles. The zero-order valence-electron chi connectivity index (χ0n) is 12.6. The van der Waals surface area contributed by atoms with Gasteiger partial charge in [0, 0.05) is 33.4 Å². The molecule has 0 spiro atoms. The lowest BCUT2D eigenvalue weighted by Gasteiger charge is -2.15. The number of ether oxygens (including phenoxy) is 1. The highest BCUT2D eigenvalue weighted by Crippen LogP contribution is 2.06. The molecule has 0 bridgehead atoms. The fourth-order valence-corrected chi connectivity index (χ4v) is 2.26. The van der Waals surface area contributed by atoms with Gasteiger partial charge < -0.3 is 20.3 Å². The van der Waals surface area contributed by atoms with Crippen LogP contribution in [0.15, 0.2) is 4.99 Å². The second-order valence-electron chi connectivity index (χ2n) is 4.94. The van der Waals surface area contributed by atoms with Gasteiger partial charge in [-0.3, -0.25) is 4.99 Å². The molecule has 1 fully saturated rings. The van der Waals surface area contributed by atoms with Crippen LogP contribution >= 0.6 is 0 Å². The number of methoxy groups -OCH3 is 1. The molecule has 1 aliphatic rings. The van der Waals surface area contributed by atoms with Crippen molar-refractivity contribution in [2.75, 3.05) is 53.0 Å². The second kappa shape index (κ2) is 11.1. The predicted octanol–water partition coefficient (Wildman–Crippen LogP) is 1.06. The molecular formula is C14H30N4O. The highest BCUT2D eigenvalue weighted by Gasteiger charge is 2.10. The molecule has 0 aromatic rings. The molecule has 5 heteroatoms. The first kappa shape index (κ1) is 16.2. The van der Waals surface area contributed by atoms with Crippen LogP contribution in [-0.2, 0) is 4.74 Å². The Hall–Kier alpha value is -0.810. The Kier molecular flexibility index (Phi) is 9.45. The largest absolute Gasteiger partial charge is 0.385 e. The van der Waals surface area contributed by atoms with Crippen molar-refractivity contribution in [2.45, 2.75) is 32.6 Å². The Morgan fingerprint density at radius 2 is 2.00 bits per heavy atom. The van der Waals surface area contributed by atoms with E-state index in [1.54, 1.807) is 7.11 Å². The molecule has 0 aromatic heterocycles. The number of aliphatic imine (C=N–C) groups is 1. The Bertz CT molecular complexity index is 240. The molecule has 112 valence electrons. The normalized spacial score (nSPS) is 16.8. The molecule has 0 radical (unpaired) electrons. The van der Waals surface area contributed by atoms with Gasteiger partial charge in [0.1, 0.15) is 0 Å². The van der Waals surface area contributed by atoms with Crippen molar-refractivity contribution in [1.29, 1.82) is 0 Å².